The second kappa shape index (κ2) is 11.2. The molecule has 23 heavy (non-hydrogen) atoms. The van der Waals surface area contributed by atoms with Crippen molar-refractivity contribution in [2.24, 2.45) is 5.41 Å². The molecule has 0 bridgehead atoms. The zero-order valence-electron chi connectivity index (χ0n) is 15.9. The quantitative estimate of drug-likeness (QED) is 0.880. The third kappa shape index (κ3) is 9.39. The van der Waals surface area contributed by atoms with Gasteiger partial charge in [0, 0.05) is 5.41 Å². The summed E-state index contributed by atoms with van der Waals surface area (Å²) in [5.41, 5.74) is 1.50. The van der Waals surface area contributed by atoms with E-state index in [-0.39, 0.29) is 0 Å². The first-order valence-corrected chi connectivity index (χ1v) is 10.1. The molecule has 0 aliphatic heterocycles. The number of aryl methyl sites for hydroxylation is 1. The van der Waals surface area contributed by atoms with Crippen molar-refractivity contribution in [2.45, 2.75) is 61.3 Å². The molecule has 1 rings (SSSR count). The van der Waals surface area contributed by atoms with Crippen molar-refractivity contribution in [3.05, 3.63) is 35.4 Å². The van der Waals surface area contributed by atoms with Gasteiger partial charge in [-0.1, -0.05) is 72.7 Å². The third-order valence-electron chi connectivity index (χ3n) is 3.02. The highest BCUT2D eigenvalue weighted by atomic mass is 32.2. The van der Waals surface area contributed by atoms with Crippen molar-refractivity contribution >= 4 is 15.9 Å². The number of sulfonamides is 1. The average Bonchev–Trinajstić information content (AvgIpc) is 2.50. The van der Waals surface area contributed by atoms with Crippen LogP contribution in [-0.2, 0) is 27.7 Å². The van der Waals surface area contributed by atoms with Crippen LogP contribution in [0, 0.1) is 5.41 Å². The molecular weight excluding hydrogens is 310 g/mol. The Balaban J connectivity index is 0. The van der Waals surface area contributed by atoms with Gasteiger partial charge in [-0.05, 0) is 24.0 Å². The number of nitrogens with one attached hydrogen (secondary N) is 1. The van der Waals surface area contributed by atoms with Crippen LogP contribution in [0.4, 0.5) is 0 Å². The minimum Gasteiger partial charge on any atom is -0.273 e. The minimum atomic E-state index is -3.51. The Hall–Kier alpha value is -1.36. The maximum atomic E-state index is 12.0. The highest BCUT2D eigenvalue weighted by molar-refractivity contribution is 7.89. The van der Waals surface area contributed by atoms with Gasteiger partial charge in [0.2, 0.25) is 15.9 Å². The summed E-state index contributed by atoms with van der Waals surface area (Å²) in [6.45, 7) is 13.6. The Morgan fingerprint density at radius 1 is 1.04 bits per heavy atom. The van der Waals surface area contributed by atoms with E-state index in [0.717, 1.165) is 18.2 Å². The lowest BCUT2D eigenvalue weighted by atomic mass is 9.83. The number of carbonyl (C=O) groups excluding carboxylic acids is 1. The Kier molecular flexibility index (Phi) is 11.7. The normalized spacial score (nSPS) is 10.6. The summed E-state index contributed by atoms with van der Waals surface area (Å²) in [7, 11) is -3.51. The van der Waals surface area contributed by atoms with Gasteiger partial charge in [0.15, 0.2) is 0 Å². The summed E-state index contributed by atoms with van der Waals surface area (Å²) >= 11 is 0. The topological polar surface area (TPSA) is 63.2 Å². The Labute approximate surface area is 142 Å². The van der Waals surface area contributed by atoms with Crippen LogP contribution in [0.15, 0.2) is 24.3 Å². The molecule has 0 radical (unpaired) electrons. The van der Waals surface area contributed by atoms with E-state index >= 15 is 0 Å². The third-order valence-corrected chi connectivity index (χ3v) is 3.58. The van der Waals surface area contributed by atoms with E-state index in [1.165, 1.54) is 5.56 Å². The number of hydrogen-bond acceptors (Lipinski definition) is 3. The van der Waals surface area contributed by atoms with Crippen LogP contribution >= 0.6 is 0 Å². The van der Waals surface area contributed by atoms with Gasteiger partial charge in [-0.15, -0.1) is 0 Å². The summed E-state index contributed by atoms with van der Waals surface area (Å²) in [4.78, 5) is 12.0. The van der Waals surface area contributed by atoms with Crippen LogP contribution in [0.1, 0.15) is 59.6 Å². The van der Waals surface area contributed by atoms with Crippen LogP contribution in [0.2, 0.25) is 0 Å². The van der Waals surface area contributed by atoms with Crippen LogP contribution in [-0.4, -0.2) is 20.6 Å². The molecule has 0 heterocycles. The van der Waals surface area contributed by atoms with Crippen LogP contribution in [0.3, 0.4) is 0 Å². The van der Waals surface area contributed by atoms with Gasteiger partial charge in [-0.3, -0.25) is 9.52 Å². The summed E-state index contributed by atoms with van der Waals surface area (Å²) in [5, 5.41) is 0. The Morgan fingerprint density at radius 2 is 1.48 bits per heavy atom. The molecule has 0 unspecified atom stereocenters. The highest BCUT2D eigenvalue weighted by Gasteiger charge is 2.30. The van der Waals surface area contributed by atoms with Gasteiger partial charge in [-0.25, -0.2) is 8.42 Å². The van der Waals surface area contributed by atoms with E-state index < -0.39 is 21.3 Å². The van der Waals surface area contributed by atoms with E-state index in [2.05, 4.69) is 11.6 Å². The SMILES string of the molecule is CC.CC.CCc1ccccc1CC(C)(C)C(=O)NS(C)(=O)=O. The van der Waals surface area contributed by atoms with Crippen molar-refractivity contribution in [1.29, 1.82) is 0 Å². The van der Waals surface area contributed by atoms with Gasteiger partial charge in [0.05, 0.1) is 6.26 Å². The zero-order valence-corrected chi connectivity index (χ0v) is 16.7. The smallest absolute Gasteiger partial charge is 0.239 e. The molecule has 134 valence electrons. The minimum absolute atomic E-state index is 0.471. The molecule has 0 aliphatic carbocycles. The second-order valence-corrected chi connectivity index (χ2v) is 7.13. The lowest BCUT2D eigenvalue weighted by Gasteiger charge is -2.24. The van der Waals surface area contributed by atoms with E-state index in [4.69, 9.17) is 0 Å². The molecular formula is C18H33NO3S. The summed E-state index contributed by atoms with van der Waals surface area (Å²) in [6, 6.07) is 7.90. The highest BCUT2D eigenvalue weighted by Crippen LogP contribution is 2.24. The van der Waals surface area contributed by atoms with Crippen molar-refractivity contribution in [3.8, 4) is 0 Å². The lowest BCUT2D eigenvalue weighted by molar-refractivity contribution is -0.127. The van der Waals surface area contributed by atoms with Crippen molar-refractivity contribution in [2.75, 3.05) is 6.26 Å². The number of benzene rings is 1. The summed E-state index contributed by atoms with van der Waals surface area (Å²) in [5.74, 6) is -0.471. The summed E-state index contributed by atoms with van der Waals surface area (Å²) in [6.07, 6.45) is 2.39. The average molecular weight is 344 g/mol. The first-order chi connectivity index (χ1) is 10.7. The van der Waals surface area contributed by atoms with Gasteiger partial charge < -0.3 is 0 Å². The molecule has 5 heteroatoms. The van der Waals surface area contributed by atoms with Gasteiger partial charge in [0.25, 0.3) is 0 Å². The first kappa shape index (κ1) is 23.9. The molecule has 1 N–H and O–H groups in total. The van der Waals surface area contributed by atoms with Gasteiger partial charge in [0.1, 0.15) is 0 Å². The van der Waals surface area contributed by atoms with Crippen LogP contribution in [0.5, 0.6) is 0 Å². The van der Waals surface area contributed by atoms with E-state index in [0.29, 0.717) is 6.42 Å². The maximum absolute atomic E-state index is 12.0. The van der Waals surface area contributed by atoms with Crippen molar-refractivity contribution in [1.82, 2.24) is 4.72 Å². The number of rotatable bonds is 5. The number of carbonyl (C=O) groups is 1. The lowest BCUT2D eigenvalue weighted by Crippen LogP contribution is -2.41. The van der Waals surface area contributed by atoms with Crippen molar-refractivity contribution in [3.63, 3.8) is 0 Å². The molecule has 0 saturated heterocycles. The molecule has 0 fully saturated rings. The second-order valence-electron chi connectivity index (χ2n) is 5.39. The predicted octanol–water partition coefficient (Wildman–Crippen LogP) is 3.95. The van der Waals surface area contributed by atoms with Gasteiger partial charge in [-0.2, -0.15) is 0 Å². The van der Waals surface area contributed by atoms with E-state index in [9.17, 15) is 13.2 Å². The van der Waals surface area contributed by atoms with Crippen molar-refractivity contribution < 1.29 is 13.2 Å². The molecule has 0 spiro atoms. The molecule has 0 saturated carbocycles. The zero-order chi connectivity index (χ0) is 18.7. The first-order valence-electron chi connectivity index (χ1n) is 8.24. The fourth-order valence-corrected chi connectivity index (χ4v) is 2.55. The fraction of sp³-hybridized carbons (Fsp3) is 0.611. The Bertz CT molecular complexity index is 563. The van der Waals surface area contributed by atoms with E-state index in [1.54, 1.807) is 13.8 Å². The molecule has 4 nitrogen and oxygen atoms in total. The molecule has 1 aromatic carbocycles. The molecule has 1 amide bonds. The summed E-state index contributed by atoms with van der Waals surface area (Å²) < 4.78 is 24.3. The predicted molar refractivity (Wildman–Crippen MR) is 99.0 cm³/mol. The standard InChI is InChI=1S/C14H21NO3S.2C2H6/c1-5-11-8-6-7-9-12(11)10-14(2,3)13(16)15-19(4,17)18;2*1-2/h6-9H,5,10H2,1-4H3,(H,15,16);2*1-2H3. The molecule has 0 aliphatic rings. The molecule has 1 aromatic rings. The number of amides is 1. The van der Waals surface area contributed by atoms with Gasteiger partial charge >= 0.3 is 0 Å². The fourth-order valence-electron chi connectivity index (χ4n) is 1.94. The Morgan fingerprint density at radius 3 is 1.87 bits per heavy atom. The van der Waals surface area contributed by atoms with Crippen LogP contribution in [0.25, 0.3) is 0 Å². The number of hydrogen-bond donors (Lipinski definition) is 1. The monoisotopic (exact) mass is 343 g/mol. The largest absolute Gasteiger partial charge is 0.273 e. The maximum Gasteiger partial charge on any atom is 0.239 e. The van der Waals surface area contributed by atoms with E-state index in [1.807, 2.05) is 52.0 Å². The molecule has 0 aromatic heterocycles. The molecule has 0 atom stereocenters. The van der Waals surface area contributed by atoms with Crippen LogP contribution < -0.4 is 4.72 Å².